The first kappa shape index (κ1) is 62.1. The molecule has 0 saturated carbocycles. The van der Waals surface area contributed by atoms with Gasteiger partial charge in [0.05, 0.1) is 0 Å². The highest BCUT2D eigenvalue weighted by molar-refractivity contribution is 5.71. The molecular formula is C60H98O6. The van der Waals surface area contributed by atoms with Gasteiger partial charge in [-0.15, -0.1) is 0 Å². The van der Waals surface area contributed by atoms with Crippen molar-refractivity contribution in [3.05, 3.63) is 109 Å². The smallest absolute Gasteiger partial charge is 0.306 e. The summed E-state index contributed by atoms with van der Waals surface area (Å²) in [6, 6.07) is 0. The van der Waals surface area contributed by atoms with Gasteiger partial charge in [-0.1, -0.05) is 207 Å². The lowest BCUT2D eigenvalue weighted by molar-refractivity contribution is -0.167. The number of hydrogen-bond donors (Lipinski definition) is 0. The maximum atomic E-state index is 12.8. The highest BCUT2D eigenvalue weighted by atomic mass is 16.6. The number of carbonyl (C=O) groups excluding carboxylic acids is 3. The molecule has 0 fully saturated rings. The van der Waals surface area contributed by atoms with E-state index in [9.17, 15) is 14.4 Å². The molecule has 0 N–H and O–H groups in total. The van der Waals surface area contributed by atoms with Crippen LogP contribution >= 0.6 is 0 Å². The molecular weight excluding hydrogens is 817 g/mol. The van der Waals surface area contributed by atoms with E-state index in [1.807, 2.05) is 0 Å². The number of rotatable bonds is 47. The van der Waals surface area contributed by atoms with Crippen molar-refractivity contribution in [3.63, 3.8) is 0 Å². The van der Waals surface area contributed by atoms with Gasteiger partial charge in [0.15, 0.2) is 6.10 Å². The predicted octanol–water partition coefficient (Wildman–Crippen LogP) is 17.9. The highest BCUT2D eigenvalue weighted by Crippen LogP contribution is 2.13. The molecule has 0 radical (unpaired) electrons. The molecule has 0 saturated heterocycles. The molecule has 0 aromatic rings. The van der Waals surface area contributed by atoms with Crippen LogP contribution in [0.15, 0.2) is 109 Å². The quantitative estimate of drug-likeness (QED) is 0.0262. The number of carbonyl (C=O) groups is 3. The SMILES string of the molecule is CC/C=C\C/C=C\C/C=C\C/C=C\C/C=C\CCCC(=O)OCC(COC(=O)CCCCCCC/C=C\C/C=C\CCCC)OC(=O)CCCCCCCCC/C=C\C/C=C\CCCCC. The van der Waals surface area contributed by atoms with Crippen LogP contribution in [0.5, 0.6) is 0 Å². The topological polar surface area (TPSA) is 78.9 Å². The van der Waals surface area contributed by atoms with Crippen molar-refractivity contribution in [1.82, 2.24) is 0 Å². The summed E-state index contributed by atoms with van der Waals surface area (Å²) in [5.74, 6) is -0.993. The molecule has 0 aliphatic heterocycles. The van der Waals surface area contributed by atoms with Crippen LogP contribution in [-0.4, -0.2) is 37.2 Å². The van der Waals surface area contributed by atoms with Crippen LogP contribution in [0.1, 0.15) is 233 Å². The Morgan fingerprint density at radius 1 is 0.318 bits per heavy atom. The maximum absolute atomic E-state index is 12.8. The van der Waals surface area contributed by atoms with E-state index in [1.54, 1.807) is 0 Å². The average Bonchev–Trinajstić information content (AvgIpc) is 3.31. The first-order valence-electron chi connectivity index (χ1n) is 26.9. The van der Waals surface area contributed by atoms with Gasteiger partial charge in [-0.2, -0.15) is 0 Å². The zero-order chi connectivity index (χ0) is 47.9. The van der Waals surface area contributed by atoms with Crippen LogP contribution < -0.4 is 0 Å². The Labute approximate surface area is 406 Å². The monoisotopic (exact) mass is 915 g/mol. The van der Waals surface area contributed by atoms with Gasteiger partial charge < -0.3 is 14.2 Å². The minimum atomic E-state index is -0.813. The minimum Gasteiger partial charge on any atom is -0.462 e. The zero-order valence-electron chi connectivity index (χ0n) is 42.7. The number of allylic oxidation sites excluding steroid dienone is 18. The van der Waals surface area contributed by atoms with Gasteiger partial charge in [0.1, 0.15) is 13.2 Å². The van der Waals surface area contributed by atoms with Crippen molar-refractivity contribution in [3.8, 4) is 0 Å². The van der Waals surface area contributed by atoms with E-state index in [4.69, 9.17) is 14.2 Å². The van der Waals surface area contributed by atoms with Crippen molar-refractivity contribution >= 4 is 17.9 Å². The molecule has 1 atom stereocenters. The van der Waals surface area contributed by atoms with Crippen molar-refractivity contribution < 1.29 is 28.6 Å². The van der Waals surface area contributed by atoms with Gasteiger partial charge in [0, 0.05) is 19.3 Å². The molecule has 6 heteroatoms. The van der Waals surface area contributed by atoms with Crippen molar-refractivity contribution in [2.24, 2.45) is 0 Å². The molecule has 0 amide bonds. The van der Waals surface area contributed by atoms with E-state index in [1.165, 1.54) is 70.6 Å². The summed E-state index contributed by atoms with van der Waals surface area (Å²) >= 11 is 0. The molecule has 1 unspecified atom stereocenters. The Balaban J connectivity index is 4.52. The van der Waals surface area contributed by atoms with E-state index >= 15 is 0 Å². The molecule has 0 aliphatic carbocycles. The van der Waals surface area contributed by atoms with Gasteiger partial charge in [-0.25, -0.2) is 0 Å². The molecule has 6 nitrogen and oxygen atoms in total. The molecule has 0 rings (SSSR count). The summed E-state index contributed by atoms with van der Waals surface area (Å²) in [5, 5.41) is 0. The highest BCUT2D eigenvalue weighted by Gasteiger charge is 2.19. The van der Waals surface area contributed by atoms with Crippen molar-refractivity contribution in [2.45, 2.75) is 239 Å². The van der Waals surface area contributed by atoms with E-state index in [2.05, 4.69) is 130 Å². The fraction of sp³-hybridized carbons (Fsp3) is 0.650. The lowest BCUT2D eigenvalue weighted by Gasteiger charge is -2.18. The van der Waals surface area contributed by atoms with Crippen LogP contribution in [0, 0.1) is 0 Å². The average molecular weight is 915 g/mol. The van der Waals surface area contributed by atoms with Crippen LogP contribution in [0.4, 0.5) is 0 Å². The lowest BCUT2D eigenvalue weighted by atomic mass is 10.1. The largest absolute Gasteiger partial charge is 0.462 e. The van der Waals surface area contributed by atoms with Crippen LogP contribution in [-0.2, 0) is 28.6 Å². The van der Waals surface area contributed by atoms with Crippen LogP contribution in [0.25, 0.3) is 0 Å². The van der Waals surface area contributed by atoms with E-state index < -0.39 is 6.10 Å². The second-order valence-electron chi connectivity index (χ2n) is 17.4. The summed E-state index contributed by atoms with van der Waals surface area (Å²) in [5.41, 5.74) is 0. The predicted molar refractivity (Wildman–Crippen MR) is 283 cm³/mol. The molecule has 0 bridgehead atoms. The summed E-state index contributed by atoms with van der Waals surface area (Å²) in [7, 11) is 0. The Hall–Kier alpha value is -3.93. The van der Waals surface area contributed by atoms with Crippen molar-refractivity contribution in [1.29, 1.82) is 0 Å². The van der Waals surface area contributed by atoms with Crippen molar-refractivity contribution in [2.75, 3.05) is 13.2 Å². The second kappa shape index (κ2) is 53.7. The number of hydrogen-bond acceptors (Lipinski definition) is 6. The Kier molecular flexibility index (Phi) is 50.5. The third kappa shape index (κ3) is 51.1. The molecule has 0 aromatic heterocycles. The number of unbranched alkanes of at least 4 members (excludes halogenated alkanes) is 18. The minimum absolute atomic E-state index is 0.108. The fourth-order valence-electron chi connectivity index (χ4n) is 6.93. The van der Waals surface area contributed by atoms with Gasteiger partial charge in [0.2, 0.25) is 0 Å². The third-order valence-corrected chi connectivity index (χ3v) is 11.0. The molecule has 0 aromatic carbocycles. The normalized spacial score (nSPS) is 13.0. The standard InChI is InChI=1S/C60H98O6/c1-4-7-10-13-16-19-22-25-28-30-32-35-38-41-44-47-50-53-59(62)65-56-57(55-64-58(61)52-49-46-43-40-37-34-27-24-21-18-15-12-9-6-3)66-60(63)54-51-48-45-42-39-36-33-31-29-26-23-20-17-14-11-8-5-2/h7,10,15-20,24-29,32,35,41,44,57H,4-6,8-9,11-14,21-23,30-31,33-34,36-40,42-43,45-56H2,1-3H3/b10-7-,18-15-,19-16-,20-17-,27-24-,28-25-,29-26-,35-32-,44-41-. The second-order valence-corrected chi connectivity index (χ2v) is 17.4. The molecule has 0 aliphatic rings. The lowest BCUT2D eigenvalue weighted by Crippen LogP contribution is -2.30. The summed E-state index contributed by atoms with van der Waals surface area (Å²) in [6.45, 7) is 6.38. The Morgan fingerprint density at radius 3 is 1.03 bits per heavy atom. The number of esters is 3. The molecule has 66 heavy (non-hydrogen) atoms. The number of ether oxygens (including phenoxy) is 3. The Morgan fingerprint density at radius 2 is 0.621 bits per heavy atom. The fourth-order valence-corrected chi connectivity index (χ4v) is 6.93. The van der Waals surface area contributed by atoms with Crippen LogP contribution in [0.3, 0.4) is 0 Å². The van der Waals surface area contributed by atoms with E-state index in [-0.39, 0.29) is 37.5 Å². The van der Waals surface area contributed by atoms with E-state index in [0.29, 0.717) is 19.3 Å². The van der Waals surface area contributed by atoms with Crippen LogP contribution in [0.2, 0.25) is 0 Å². The van der Waals surface area contributed by atoms with Gasteiger partial charge in [0.25, 0.3) is 0 Å². The molecule has 374 valence electrons. The molecule has 0 heterocycles. The summed E-state index contributed by atoms with van der Waals surface area (Å²) in [6.07, 6.45) is 72.1. The van der Waals surface area contributed by atoms with Gasteiger partial charge in [-0.05, 0) is 116 Å². The zero-order valence-corrected chi connectivity index (χ0v) is 42.7. The van der Waals surface area contributed by atoms with E-state index in [0.717, 1.165) is 116 Å². The summed E-state index contributed by atoms with van der Waals surface area (Å²) < 4.78 is 16.8. The molecule has 0 spiro atoms. The first-order valence-corrected chi connectivity index (χ1v) is 26.9. The first-order chi connectivity index (χ1) is 32.5. The summed E-state index contributed by atoms with van der Waals surface area (Å²) in [4.78, 5) is 38.0. The Bertz CT molecular complexity index is 1370. The van der Waals surface area contributed by atoms with Gasteiger partial charge in [-0.3, -0.25) is 14.4 Å². The third-order valence-electron chi connectivity index (χ3n) is 11.0. The van der Waals surface area contributed by atoms with Gasteiger partial charge >= 0.3 is 17.9 Å². The maximum Gasteiger partial charge on any atom is 0.306 e.